The van der Waals surface area contributed by atoms with Crippen molar-refractivity contribution >= 4 is 5.52 Å². The smallest absolute Gasteiger partial charge is 0.146 e. The molecule has 4 heterocycles. The van der Waals surface area contributed by atoms with E-state index in [2.05, 4.69) is 32.5 Å². The molecule has 0 aromatic carbocycles. The van der Waals surface area contributed by atoms with Gasteiger partial charge in [-0.05, 0) is 32.0 Å². The Morgan fingerprint density at radius 1 is 1.21 bits per heavy atom. The monoisotopic (exact) mass is 322 g/mol. The summed E-state index contributed by atoms with van der Waals surface area (Å²) in [6.07, 6.45) is 9.59. The number of ether oxygens (including phenoxy) is 1. The second-order valence-corrected chi connectivity index (χ2v) is 5.95. The summed E-state index contributed by atoms with van der Waals surface area (Å²) in [6.45, 7) is 2.06. The summed E-state index contributed by atoms with van der Waals surface area (Å²) in [4.78, 5) is 0. The second kappa shape index (κ2) is 5.98. The van der Waals surface area contributed by atoms with Crippen LogP contribution in [-0.2, 0) is 0 Å². The highest BCUT2D eigenvalue weighted by atomic mass is 16.5. The van der Waals surface area contributed by atoms with Crippen LogP contribution < -0.4 is 10.1 Å². The van der Waals surface area contributed by atoms with Crippen LogP contribution in [0.5, 0.6) is 5.75 Å². The number of pyridine rings is 1. The lowest BCUT2D eigenvalue weighted by Gasteiger charge is -2.22. The molecule has 1 saturated heterocycles. The Labute approximate surface area is 139 Å². The Balaban J connectivity index is 1.74. The lowest BCUT2D eigenvalue weighted by Crippen LogP contribution is -2.29. The summed E-state index contributed by atoms with van der Waals surface area (Å²) in [5.41, 5.74) is 3.17. The topological polar surface area (TPSA) is 80.2 Å². The van der Waals surface area contributed by atoms with E-state index < -0.39 is 0 Å². The number of methoxy groups -OCH3 is 1. The van der Waals surface area contributed by atoms with Crippen LogP contribution in [0.2, 0.25) is 0 Å². The average molecular weight is 322 g/mol. The normalized spacial score (nSPS) is 15.5. The van der Waals surface area contributed by atoms with Crippen LogP contribution in [0.25, 0.3) is 16.6 Å². The molecule has 1 fully saturated rings. The molecule has 1 aliphatic heterocycles. The van der Waals surface area contributed by atoms with Crippen LogP contribution in [0.3, 0.4) is 0 Å². The molecule has 0 amide bonds. The molecule has 0 saturated carbocycles. The van der Waals surface area contributed by atoms with Gasteiger partial charge in [-0.3, -0.25) is 4.68 Å². The standard InChI is InChI=1S/C17H18N6O/c1-24-16-6-12(10-23-17(16)13(7-18)8-21-23)14-9-20-22(11-14)15-2-4-19-5-3-15/h6,8-11,15,19H,2-5H2,1H3. The van der Waals surface area contributed by atoms with Crippen molar-refractivity contribution in [3.8, 4) is 22.9 Å². The van der Waals surface area contributed by atoms with Crippen LogP contribution in [0.1, 0.15) is 24.4 Å². The van der Waals surface area contributed by atoms with Gasteiger partial charge in [-0.1, -0.05) is 0 Å². The van der Waals surface area contributed by atoms with Gasteiger partial charge >= 0.3 is 0 Å². The van der Waals surface area contributed by atoms with E-state index in [9.17, 15) is 5.26 Å². The summed E-state index contributed by atoms with van der Waals surface area (Å²) in [7, 11) is 1.60. The van der Waals surface area contributed by atoms with Gasteiger partial charge in [0.15, 0.2) is 0 Å². The predicted molar refractivity (Wildman–Crippen MR) is 88.8 cm³/mol. The highest BCUT2D eigenvalue weighted by Crippen LogP contribution is 2.30. The molecule has 0 aliphatic carbocycles. The number of hydrogen-bond acceptors (Lipinski definition) is 5. The molecule has 4 rings (SSSR count). The summed E-state index contributed by atoms with van der Waals surface area (Å²) in [5, 5.41) is 21.4. The van der Waals surface area contributed by atoms with Crippen molar-refractivity contribution in [1.29, 1.82) is 5.26 Å². The molecule has 7 nitrogen and oxygen atoms in total. The summed E-state index contributed by atoms with van der Waals surface area (Å²) in [6, 6.07) is 4.52. The lowest BCUT2D eigenvalue weighted by molar-refractivity contribution is 0.343. The molecule has 0 bridgehead atoms. The van der Waals surface area contributed by atoms with Gasteiger partial charge in [-0.25, -0.2) is 4.52 Å². The number of piperidine rings is 1. The Morgan fingerprint density at radius 2 is 2.04 bits per heavy atom. The molecule has 7 heteroatoms. The third kappa shape index (κ3) is 2.41. The number of nitrogens with one attached hydrogen (secondary N) is 1. The minimum Gasteiger partial charge on any atom is -0.494 e. The molecule has 0 radical (unpaired) electrons. The molecule has 0 unspecified atom stereocenters. The third-order valence-electron chi connectivity index (χ3n) is 4.53. The molecule has 3 aromatic heterocycles. The number of fused-ring (bicyclic) bond motifs is 1. The zero-order valence-electron chi connectivity index (χ0n) is 13.4. The SMILES string of the molecule is COc1cc(-c2cnn(C3CCNCC3)c2)cn2ncc(C#N)c12. The molecule has 122 valence electrons. The number of nitrogens with zero attached hydrogens (tertiary/aromatic N) is 5. The molecular formula is C17H18N6O. The van der Waals surface area contributed by atoms with Crippen LogP contribution in [0.15, 0.2) is 30.9 Å². The van der Waals surface area contributed by atoms with E-state index in [1.165, 1.54) is 0 Å². The molecule has 3 aromatic rings. The average Bonchev–Trinajstić information content (AvgIpc) is 3.28. The van der Waals surface area contributed by atoms with Crippen molar-refractivity contribution < 1.29 is 4.74 Å². The van der Waals surface area contributed by atoms with Crippen molar-refractivity contribution in [3.63, 3.8) is 0 Å². The fraction of sp³-hybridized carbons (Fsp3) is 0.353. The fourth-order valence-corrected chi connectivity index (χ4v) is 3.24. The second-order valence-electron chi connectivity index (χ2n) is 5.95. The first kappa shape index (κ1) is 14.7. The van der Waals surface area contributed by atoms with Crippen molar-refractivity contribution in [2.24, 2.45) is 0 Å². The number of nitriles is 1. The van der Waals surface area contributed by atoms with E-state index in [4.69, 9.17) is 4.74 Å². The predicted octanol–water partition coefficient (Wildman–Crippen LogP) is 2.00. The third-order valence-corrected chi connectivity index (χ3v) is 4.53. The summed E-state index contributed by atoms with van der Waals surface area (Å²) >= 11 is 0. The van der Waals surface area contributed by atoms with Gasteiger partial charge in [-0.15, -0.1) is 0 Å². The molecule has 1 aliphatic rings. The highest BCUT2D eigenvalue weighted by Gasteiger charge is 2.17. The van der Waals surface area contributed by atoms with E-state index >= 15 is 0 Å². The first-order valence-corrected chi connectivity index (χ1v) is 8.01. The van der Waals surface area contributed by atoms with Gasteiger partial charge in [0.2, 0.25) is 0 Å². The first-order chi connectivity index (χ1) is 11.8. The number of rotatable bonds is 3. The van der Waals surface area contributed by atoms with Gasteiger partial charge in [0.25, 0.3) is 0 Å². The molecule has 1 N–H and O–H groups in total. The molecular weight excluding hydrogens is 304 g/mol. The zero-order valence-corrected chi connectivity index (χ0v) is 13.4. The molecule has 0 atom stereocenters. The minimum atomic E-state index is 0.445. The minimum absolute atomic E-state index is 0.445. The van der Waals surface area contributed by atoms with Crippen LogP contribution >= 0.6 is 0 Å². The lowest BCUT2D eigenvalue weighted by atomic mass is 10.1. The van der Waals surface area contributed by atoms with E-state index in [1.54, 1.807) is 17.8 Å². The zero-order chi connectivity index (χ0) is 16.5. The maximum absolute atomic E-state index is 9.20. The van der Waals surface area contributed by atoms with Crippen molar-refractivity contribution in [2.45, 2.75) is 18.9 Å². The molecule has 0 spiro atoms. The van der Waals surface area contributed by atoms with Gasteiger partial charge in [0.1, 0.15) is 22.9 Å². The van der Waals surface area contributed by atoms with E-state index in [1.807, 2.05) is 18.5 Å². The Hall–Kier alpha value is -2.85. The quantitative estimate of drug-likeness (QED) is 0.798. The summed E-state index contributed by atoms with van der Waals surface area (Å²) in [5.74, 6) is 0.635. The van der Waals surface area contributed by atoms with E-state index in [0.717, 1.165) is 37.1 Å². The van der Waals surface area contributed by atoms with Crippen molar-refractivity contribution in [1.82, 2.24) is 24.7 Å². The number of aromatic nitrogens is 4. The molecule has 24 heavy (non-hydrogen) atoms. The fourth-order valence-electron chi connectivity index (χ4n) is 3.24. The van der Waals surface area contributed by atoms with Gasteiger partial charge in [0, 0.05) is 23.5 Å². The van der Waals surface area contributed by atoms with Crippen LogP contribution in [-0.4, -0.2) is 39.6 Å². The summed E-state index contributed by atoms with van der Waals surface area (Å²) < 4.78 is 9.21. The van der Waals surface area contributed by atoms with Crippen LogP contribution in [0, 0.1) is 11.3 Å². The van der Waals surface area contributed by atoms with Gasteiger partial charge < -0.3 is 10.1 Å². The maximum Gasteiger partial charge on any atom is 0.146 e. The Bertz CT molecular complexity index is 913. The van der Waals surface area contributed by atoms with Crippen molar-refractivity contribution in [3.05, 3.63) is 36.4 Å². The Morgan fingerprint density at radius 3 is 2.79 bits per heavy atom. The Kier molecular flexibility index (Phi) is 3.67. The van der Waals surface area contributed by atoms with Gasteiger partial charge in [-0.2, -0.15) is 15.5 Å². The van der Waals surface area contributed by atoms with Crippen molar-refractivity contribution in [2.75, 3.05) is 20.2 Å². The highest BCUT2D eigenvalue weighted by molar-refractivity contribution is 5.74. The number of hydrogen-bond donors (Lipinski definition) is 1. The maximum atomic E-state index is 9.20. The van der Waals surface area contributed by atoms with Crippen LogP contribution in [0.4, 0.5) is 0 Å². The largest absolute Gasteiger partial charge is 0.494 e. The van der Waals surface area contributed by atoms with E-state index in [0.29, 0.717) is 22.9 Å². The van der Waals surface area contributed by atoms with E-state index in [-0.39, 0.29) is 0 Å². The first-order valence-electron chi connectivity index (χ1n) is 8.01. The van der Waals surface area contributed by atoms with Gasteiger partial charge in [0.05, 0.1) is 25.5 Å².